The molecule has 118 valence electrons. The van der Waals surface area contributed by atoms with Crippen LogP contribution in [0.5, 0.6) is 0 Å². The Morgan fingerprint density at radius 1 is 1.14 bits per heavy atom. The van der Waals surface area contributed by atoms with Crippen LogP contribution in [0.25, 0.3) is 0 Å². The lowest BCUT2D eigenvalue weighted by Crippen LogP contribution is -2.69. The molecule has 22 heavy (non-hydrogen) atoms. The number of carbonyl (C=O) groups excluding carboxylic acids is 2. The van der Waals surface area contributed by atoms with Crippen LogP contribution in [0.15, 0.2) is 30.3 Å². The van der Waals surface area contributed by atoms with Gasteiger partial charge in [-0.3, -0.25) is 9.59 Å². The second-order valence-corrected chi connectivity index (χ2v) is 7.06. The van der Waals surface area contributed by atoms with Crippen LogP contribution in [0.2, 0.25) is 0 Å². The molecular weight excluding hydrogens is 276 g/mol. The molecule has 1 saturated carbocycles. The van der Waals surface area contributed by atoms with Gasteiger partial charge in [-0.15, -0.1) is 0 Å². The normalized spacial score (nSPS) is 25.5. The average Bonchev–Trinajstić information content (AvgIpc) is 3.27. The fourth-order valence-electron chi connectivity index (χ4n) is 3.30. The molecule has 1 N–H and O–H groups in total. The third kappa shape index (κ3) is 2.21. The lowest BCUT2D eigenvalue weighted by atomic mass is 9.82. The second kappa shape index (κ2) is 5.11. The molecule has 1 heterocycles. The highest BCUT2D eigenvalue weighted by atomic mass is 16.2. The fourth-order valence-corrected chi connectivity index (χ4v) is 3.30. The van der Waals surface area contributed by atoms with Crippen LogP contribution in [0.4, 0.5) is 0 Å². The Kier molecular flexibility index (Phi) is 3.50. The summed E-state index contributed by atoms with van der Waals surface area (Å²) in [6.07, 6.45) is 2.50. The summed E-state index contributed by atoms with van der Waals surface area (Å²) in [6.45, 7) is 6.44. The second-order valence-electron chi connectivity index (χ2n) is 7.06. The summed E-state index contributed by atoms with van der Waals surface area (Å²) in [5, 5.41) is 2.95. The van der Waals surface area contributed by atoms with Crippen molar-refractivity contribution in [3.05, 3.63) is 35.9 Å². The quantitative estimate of drug-likeness (QED) is 0.927. The van der Waals surface area contributed by atoms with Crippen LogP contribution >= 0.6 is 0 Å². The number of nitrogens with zero attached hydrogens (tertiary/aromatic N) is 1. The third-order valence-electron chi connectivity index (χ3n) is 5.06. The highest BCUT2D eigenvalue weighted by Gasteiger charge is 2.59. The van der Waals surface area contributed by atoms with Gasteiger partial charge in [-0.05, 0) is 45.6 Å². The first-order chi connectivity index (χ1) is 10.4. The van der Waals surface area contributed by atoms with E-state index in [-0.39, 0.29) is 23.3 Å². The minimum Gasteiger partial charge on any atom is -0.352 e. The Labute approximate surface area is 131 Å². The van der Waals surface area contributed by atoms with E-state index >= 15 is 0 Å². The van der Waals surface area contributed by atoms with Gasteiger partial charge in [-0.2, -0.15) is 0 Å². The molecule has 3 rings (SSSR count). The smallest absolute Gasteiger partial charge is 0.245 e. The summed E-state index contributed by atoms with van der Waals surface area (Å²) in [6, 6.07) is 10.1. The van der Waals surface area contributed by atoms with E-state index in [1.807, 2.05) is 51.1 Å². The molecule has 1 aliphatic carbocycles. The monoisotopic (exact) mass is 300 g/mol. The summed E-state index contributed by atoms with van der Waals surface area (Å²) in [5.41, 5.74) is 0.00535. The zero-order valence-electron chi connectivity index (χ0n) is 13.6. The van der Waals surface area contributed by atoms with Crippen molar-refractivity contribution < 1.29 is 9.59 Å². The van der Waals surface area contributed by atoms with E-state index in [0.29, 0.717) is 6.54 Å². The van der Waals surface area contributed by atoms with E-state index in [0.717, 1.165) is 24.8 Å². The summed E-state index contributed by atoms with van der Waals surface area (Å²) >= 11 is 0. The highest BCUT2D eigenvalue weighted by Crippen LogP contribution is 2.51. The molecule has 4 heteroatoms. The van der Waals surface area contributed by atoms with Crippen molar-refractivity contribution in [2.24, 2.45) is 0 Å². The lowest BCUT2D eigenvalue weighted by Gasteiger charge is -2.50. The Morgan fingerprint density at radius 2 is 1.77 bits per heavy atom. The molecule has 2 aliphatic rings. The van der Waals surface area contributed by atoms with Gasteiger partial charge in [0.05, 0.1) is 5.41 Å². The Morgan fingerprint density at radius 3 is 2.23 bits per heavy atom. The number of carbonyl (C=O) groups is 2. The number of likely N-dealkylation sites (tertiary alicyclic amines) is 1. The standard InChI is InChI=1S/C18H24N2O2/c1-13(2)19-15(21)17(3)11-12-20(17)16(22)18(9-10-18)14-7-5-4-6-8-14/h4-8,13H,9-12H2,1-3H3,(H,19,21). The first-order valence-corrected chi connectivity index (χ1v) is 8.09. The molecule has 0 spiro atoms. The number of hydrogen-bond acceptors (Lipinski definition) is 2. The third-order valence-corrected chi connectivity index (χ3v) is 5.06. The first kappa shape index (κ1) is 15.1. The van der Waals surface area contributed by atoms with Crippen molar-refractivity contribution in [2.45, 2.75) is 57.0 Å². The van der Waals surface area contributed by atoms with Gasteiger partial charge in [0.1, 0.15) is 5.54 Å². The molecule has 2 amide bonds. The summed E-state index contributed by atoms with van der Waals surface area (Å²) in [5.74, 6) is 0.0808. The molecule has 0 radical (unpaired) electrons. The molecule has 1 saturated heterocycles. The van der Waals surface area contributed by atoms with Gasteiger partial charge >= 0.3 is 0 Å². The molecular formula is C18H24N2O2. The van der Waals surface area contributed by atoms with Gasteiger partial charge in [0.15, 0.2) is 0 Å². The van der Waals surface area contributed by atoms with Crippen LogP contribution in [0.3, 0.4) is 0 Å². The van der Waals surface area contributed by atoms with Crippen molar-refractivity contribution in [3.8, 4) is 0 Å². The summed E-state index contributed by atoms with van der Waals surface area (Å²) in [4.78, 5) is 27.3. The lowest BCUT2D eigenvalue weighted by molar-refractivity contribution is -0.159. The largest absolute Gasteiger partial charge is 0.352 e. The summed E-state index contributed by atoms with van der Waals surface area (Å²) < 4.78 is 0. The predicted octanol–water partition coefficient (Wildman–Crippen LogP) is 2.23. The average molecular weight is 300 g/mol. The zero-order chi connectivity index (χ0) is 16.0. The zero-order valence-corrected chi connectivity index (χ0v) is 13.6. The SMILES string of the molecule is CC(C)NC(=O)C1(C)CCN1C(=O)C1(c2ccccc2)CC1. The Hall–Kier alpha value is -1.84. The van der Waals surface area contributed by atoms with E-state index in [4.69, 9.17) is 0 Å². The maximum absolute atomic E-state index is 13.1. The van der Waals surface area contributed by atoms with Crippen LogP contribution in [0.1, 0.15) is 45.6 Å². The van der Waals surface area contributed by atoms with Crippen molar-refractivity contribution in [3.63, 3.8) is 0 Å². The van der Waals surface area contributed by atoms with Crippen LogP contribution < -0.4 is 5.32 Å². The maximum Gasteiger partial charge on any atom is 0.245 e. The molecule has 1 atom stereocenters. The number of benzene rings is 1. The van der Waals surface area contributed by atoms with Gasteiger partial charge < -0.3 is 10.2 Å². The molecule has 0 aromatic heterocycles. The van der Waals surface area contributed by atoms with E-state index in [2.05, 4.69) is 5.32 Å². The van der Waals surface area contributed by atoms with Crippen LogP contribution in [0, 0.1) is 0 Å². The van der Waals surface area contributed by atoms with Crippen molar-refractivity contribution in [1.82, 2.24) is 10.2 Å². The van der Waals surface area contributed by atoms with Crippen molar-refractivity contribution in [2.75, 3.05) is 6.54 Å². The molecule has 1 unspecified atom stereocenters. The van der Waals surface area contributed by atoms with Crippen LogP contribution in [-0.4, -0.2) is 34.8 Å². The minimum atomic E-state index is -0.689. The molecule has 4 nitrogen and oxygen atoms in total. The van der Waals surface area contributed by atoms with Gasteiger partial charge in [-0.25, -0.2) is 0 Å². The Balaban J connectivity index is 1.80. The fraction of sp³-hybridized carbons (Fsp3) is 0.556. The number of hydrogen-bond donors (Lipinski definition) is 1. The maximum atomic E-state index is 13.1. The molecule has 1 aliphatic heterocycles. The molecule has 0 bridgehead atoms. The van der Waals surface area contributed by atoms with Crippen molar-refractivity contribution in [1.29, 1.82) is 0 Å². The van der Waals surface area contributed by atoms with E-state index in [9.17, 15) is 9.59 Å². The predicted molar refractivity (Wildman–Crippen MR) is 85.4 cm³/mol. The minimum absolute atomic E-state index is 0.0361. The molecule has 1 aromatic rings. The molecule has 2 fully saturated rings. The van der Waals surface area contributed by atoms with Gasteiger partial charge in [-0.1, -0.05) is 30.3 Å². The van der Waals surface area contributed by atoms with Gasteiger partial charge in [0.25, 0.3) is 0 Å². The van der Waals surface area contributed by atoms with E-state index in [1.54, 1.807) is 4.90 Å². The van der Waals surface area contributed by atoms with Gasteiger partial charge in [0, 0.05) is 12.6 Å². The van der Waals surface area contributed by atoms with Crippen LogP contribution in [-0.2, 0) is 15.0 Å². The highest BCUT2D eigenvalue weighted by molar-refractivity contribution is 5.98. The van der Waals surface area contributed by atoms with Gasteiger partial charge in [0.2, 0.25) is 11.8 Å². The molecule has 1 aromatic carbocycles. The number of nitrogens with one attached hydrogen (secondary N) is 1. The number of amides is 2. The Bertz CT molecular complexity index is 592. The summed E-state index contributed by atoms with van der Waals surface area (Å²) in [7, 11) is 0. The van der Waals surface area contributed by atoms with Crippen molar-refractivity contribution >= 4 is 11.8 Å². The first-order valence-electron chi connectivity index (χ1n) is 8.09. The number of rotatable bonds is 4. The van der Waals surface area contributed by atoms with E-state index in [1.165, 1.54) is 0 Å². The van der Waals surface area contributed by atoms with E-state index < -0.39 is 5.54 Å². The topological polar surface area (TPSA) is 49.4 Å².